The molecule has 1 aromatic rings. The van der Waals surface area contributed by atoms with Crippen molar-refractivity contribution in [3.63, 3.8) is 0 Å². The molecule has 1 aromatic carbocycles. The summed E-state index contributed by atoms with van der Waals surface area (Å²) in [6.45, 7) is 3.69. The van der Waals surface area contributed by atoms with Gasteiger partial charge >= 0.3 is 6.03 Å². The Kier molecular flexibility index (Phi) is 6.03. The van der Waals surface area contributed by atoms with Crippen molar-refractivity contribution in [2.45, 2.75) is 13.3 Å². The maximum atomic E-state index is 13.2. The summed E-state index contributed by atoms with van der Waals surface area (Å²) in [5.41, 5.74) is 0.176. The van der Waals surface area contributed by atoms with Crippen LogP contribution in [0.3, 0.4) is 0 Å². The van der Waals surface area contributed by atoms with Gasteiger partial charge in [-0.15, -0.1) is 0 Å². The Morgan fingerprint density at radius 3 is 2.88 bits per heavy atom. The number of ether oxygens (including phenoxy) is 1. The molecular formula is C12H17FN2O2. The van der Waals surface area contributed by atoms with E-state index in [1.165, 1.54) is 12.1 Å². The molecule has 0 unspecified atom stereocenters. The lowest BCUT2D eigenvalue weighted by molar-refractivity contribution is 0.145. The third-order valence-electron chi connectivity index (χ3n) is 2.08. The van der Waals surface area contributed by atoms with Crippen LogP contribution >= 0.6 is 0 Å². The fourth-order valence-corrected chi connectivity index (χ4v) is 1.25. The molecule has 94 valence electrons. The quantitative estimate of drug-likeness (QED) is 0.750. The van der Waals surface area contributed by atoms with Gasteiger partial charge in [-0.25, -0.2) is 9.18 Å². The van der Waals surface area contributed by atoms with Crippen LogP contribution in [0.1, 0.15) is 13.3 Å². The number of benzene rings is 1. The molecule has 0 aliphatic heterocycles. The molecule has 0 radical (unpaired) electrons. The topological polar surface area (TPSA) is 50.4 Å². The van der Waals surface area contributed by atoms with Crippen molar-refractivity contribution in [1.29, 1.82) is 0 Å². The molecule has 0 aromatic heterocycles. The molecule has 17 heavy (non-hydrogen) atoms. The van der Waals surface area contributed by atoms with Crippen molar-refractivity contribution in [3.05, 3.63) is 30.1 Å². The summed E-state index contributed by atoms with van der Waals surface area (Å²) in [7, 11) is 0. The Morgan fingerprint density at radius 1 is 1.41 bits per heavy atom. The first-order chi connectivity index (χ1) is 8.24. The van der Waals surface area contributed by atoms with Crippen LogP contribution < -0.4 is 10.6 Å². The number of rotatable bonds is 6. The number of carbonyl (C=O) groups is 1. The van der Waals surface area contributed by atoms with Gasteiger partial charge in [0.1, 0.15) is 5.82 Å². The number of hydrogen-bond acceptors (Lipinski definition) is 2. The molecule has 2 amide bonds. The molecule has 0 bridgehead atoms. The molecule has 1 rings (SSSR count). The summed E-state index contributed by atoms with van der Waals surface area (Å²) in [4.78, 5) is 11.4. The van der Waals surface area contributed by atoms with E-state index in [-0.39, 0.29) is 5.69 Å². The molecule has 2 N–H and O–H groups in total. The van der Waals surface area contributed by atoms with Gasteiger partial charge in [0.05, 0.1) is 5.69 Å². The summed E-state index contributed by atoms with van der Waals surface area (Å²) < 4.78 is 18.3. The van der Waals surface area contributed by atoms with Crippen LogP contribution in [-0.4, -0.2) is 25.8 Å². The molecule has 4 nitrogen and oxygen atoms in total. The van der Waals surface area contributed by atoms with Crippen LogP contribution in [0.15, 0.2) is 24.3 Å². The number of nitrogens with one attached hydrogen (secondary N) is 2. The van der Waals surface area contributed by atoms with Crippen molar-refractivity contribution in [3.8, 4) is 0 Å². The maximum Gasteiger partial charge on any atom is 0.319 e. The minimum absolute atomic E-state index is 0.176. The number of halogens is 1. The van der Waals surface area contributed by atoms with Gasteiger partial charge in [-0.2, -0.15) is 0 Å². The van der Waals surface area contributed by atoms with Gasteiger partial charge < -0.3 is 15.4 Å². The van der Waals surface area contributed by atoms with Crippen LogP contribution in [0, 0.1) is 5.82 Å². The monoisotopic (exact) mass is 240 g/mol. The molecule has 0 saturated heterocycles. The maximum absolute atomic E-state index is 13.2. The lowest BCUT2D eigenvalue weighted by atomic mass is 10.3. The Morgan fingerprint density at radius 2 is 2.18 bits per heavy atom. The number of hydrogen-bond donors (Lipinski definition) is 2. The van der Waals surface area contributed by atoms with E-state index in [4.69, 9.17) is 4.74 Å². The van der Waals surface area contributed by atoms with Crippen LogP contribution in [0.25, 0.3) is 0 Å². The van der Waals surface area contributed by atoms with Gasteiger partial charge in [0, 0.05) is 19.8 Å². The predicted molar refractivity (Wildman–Crippen MR) is 64.5 cm³/mol. The summed E-state index contributed by atoms with van der Waals surface area (Å²) in [6.07, 6.45) is 0.735. The number of carbonyl (C=O) groups excluding carboxylic acids is 1. The van der Waals surface area contributed by atoms with E-state index in [0.717, 1.165) is 6.42 Å². The zero-order valence-electron chi connectivity index (χ0n) is 9.83. The highest BCUT2D eigenvalue weighted by atomic mass is 19.1. The van der Waals surface area contributed by atoms with Crippen molar-refractivity contribution in [1.82, 2.24) is 5.32 Å². The average Bonchev–Trinajstić information content (AvgIpc) is 2.32. The highest BCUT2D eigenvalue weighted by molar-refractivity contribution is 5.89. The third kappa shape index (κ3) is 5.31. The van der Waals surface area contributed by atoms with E-state index in [1.807, 2.05) is 6.92 Å². The average molecular weight is 240 g/mol. The molecule has 0 atom stereocenters. The SMILES string of the molecule is CCOCCCNC(=O)Nc1ccccc1F. The van der Waals surface area contributed by atoms with Crippen molar-refractivity contribution in [2.24, 2.45) is 0 Å². The summed E-state index contributed by atoms with van der Waals surface area (Å²) in [5.74, 6) is -0.447. The number of para-hydroxylation sites is 1. The van der Waals surface area contributed by atoms with Crippen molar-refractivity contribution < 1.29 is 13.9 Å². The number of amides is 2. The van der Waals surface area contributed by atoms with Gasteiger partial charge in [-0.05, 0) is 25.5 Å². The van der Waals surface area contributed by atoms with Crippen LogP contribution in [0.4, 0.5) is 14.9 Å². The van der Waals surface area contributed by atoms with Crippen LogP contribution in [-0.2, 0) is 4.74 Å². The molecule has 0 heterocycles. The van der Waals surface area contributed by atoms with Gasteiger partial charge in [0.25, 0.3) is 0 Å². The van der Waals surface area contributed by atoms with Crippen molar-refractivity contribution >= 4 is 11.7 Å². The van der Waals surface area contributed by atoms with E-state index in [2.05, 4.69) is 10.6 Å². The first-order valence-electron chi connectivity index (χ1n) is 5.61. The third-order valence-corrected chi connectivity index (χ3v) is 2.08. The molecule has 0 saturated carbocycles. The molecule has 0 fully saturated rings. The number of anilines is 1. The van der Waals surface area contributed by atoms with Crippen molar-refractivity contribution in [2.75, 3.05) is 25.1 Å². The Bertz CT molecular complexity index is 358. The minimum atomic E-state index is -0.447. The largest absolute Gasteiger partial charge is 0.382 e. The van der Waals surface area contributed by atoms with E-state index >= 15 is 0 Å². The highest BCUT2D eigenvalue weighted by Crippen LogP contribution is 2.11. The van der Waals surface area contributed by atoms with E-state index in [0.29, 0.717) is 19.8 Å². The summed E-state index contributed by atoms with van der Waals surface area (Å²) in [6, 6.07) is 5.63. The second-order valence-electron chi connectivity index (χ2n) is 3.41. The van der Waals surface area contributed by atoms with Gasteiger partial charge in [-0.1, -0.05) is 12.1 Å². The molecular weight excluding hydrogens is 223 g/mol. The van der Waals surface area contributed by atoms with Gasteiger partial charge in [0.2, 0.25) is 0 Å². The number of urea groups is 1. The first kappa shape index (κ1) is 13.4. The zero-order chi connectivity index (χ0) is 12.5. The van der Waals surface area contributed by atoms with Gasteiger partial charge in [-0.3, -0.25) is 0 Å². The fraction of sp³-hybridized carbons (Fsp3) is 0.417. The molecule has 0 aliphatic rings. The predicted octanol–water partition coefficient (Wildman–Crippen LogP) is 2.37. The molecule has 0 aliphatic carbocycles. The van der Waals surface area contributed by atoms with E-state index < -0.39 is 11.8 Å². The highest BCUT2D eigenvalue weighted by Gasteiger charge is 2.04. The molecule has 5 heteroatoms. The fourth-order valence-electron chi connectivity index (χ4n) is 1.25. The smallest absolute Gasteiger partial charge is 0.319 e. The normalized spacial score (nSPS) is 10.0. The summed E-state index contributed by atoms with van der Waals surface area (Å²) in [5, 5.41) is 5.06. The van der Waals surface area contributed by atoms with E-state index in [9.17, 15) is 9.18 Å². The zero-order valence-corrected chi connectivity index (χ0v) is 9.83. The van der Waals surface area contributed by atoms with E-state index in [1.54, 1.807) is 12.1 Å². The van der Waals surface area contributed by atoms with Crippen LogP contribution in [0.5, 0.6) is 0 Å². The summed E-state index contributed by atoms with van der Waals surface area (Å²) >= 11 is 0. The Hall–Kier alpha value is -1.62. The minimum Gasteiger partial charge on any atom is -0.382 e. The lowest BCUT2D eigenvalue weighted by Gasteiger charge is -2.08. The Balaban J connectivity index is 2.23. The first-order valence-corrected chi connectivity index (χ1v) is 5.61. The molecule has 0 spiro atoms. The second-order valence-corrected chi connectivity index (χ2v) is 3.41. The standard InChI is InChI=1S/C12H17FN2O2/c1-2-17-9-5-8-14-12(16)15-11-7-4-3-6-10(11)13/h3-4,6-7H,2,5,8-9H2,1H3,(H2,14,15,16). The van der Waals surface area contributed by atoms with Crippen LogP contribution in [0.2, 0.25) is 0 Å². The second kappa shape index (κ2) is 7.62. The van der Waals surface area contributed by atoms with Gasteiger partial charge in [0.15, 0.2) is 0 Å². The Labute approximate surface area is 100 Å². The lowest BCUT2D eigenvalue weighted by Crippen LogP contribution is -2.30.